The van der Waals surface area contributed by atoms with Crippen LogP contribution in [0.2, 0.25) is 0 Å². The molecule has 0 saturated carbocycles. The number of amidine groups is 1. The Bertz CT molecular complexity index is 176. The maximum Gasteiger partial charge on any atom is 0.123 e. The zero-order valence-corrected chi connectivity index (χ0v) is 10.1. The van der Waals surface area contributed by atoms with E-state index in [9.17, 15) is 0 Å². The molecule has 1 atom stereocenters. The van der Waals surface area contributed by atoms with Crippen molar-refractivity contribution in [2.45, 2.75) is 40.7 Å². The van der Waals surface area contributed by atoms with Gasteiger partial charge in [0, 0.05) is 13.2 Å². The van der Waals surface area contributed by atoms with Gasteiger partial charge in [0.25, 0.3) is 0 Å². The molecule has 0 bridgehead atoms. The van der Waals surface area contributed by atoms with Gasteiger partial charge >= 0.3 is 0 Å². The molecule has 0 fully saturated rings. The fourth-order valence-corrected chi connectivity index (χ4v) is 1.18. The van der Waals surface area contributed by atoms with Gasteiger partial charge in [0.1, 0.15) is 11.9 Å². The number of ether oxygens (including phenoxy) is 1. The average molecular weight is 200 g/mol. The molecule has 0 radical (unpaired) electrons. The SMILES string of the molecule is CCOC(C(N)=NCC(C)C)C(C)C. The molecule has 3 nitrogen and oxygen atoms in total. The van der Waals surface area contributed by atoms with E-state index in [-0.39, 0.29) is 6.10 Å². The fraction of sp³-hybridized carbons (Fsp3) is 0.909. The lowest BCUT2D eigenvalue weighted by Crippen LogP contribution is -2.36. The molecule has 0 aliphatic carbocycles. The summed E-state index contributed by atoms with van der Waals surface area (Å²) in [5, 5.41) is 0. The third-order valence-corrected chi connectivity index (χ3v) is 1.88. The molecule has 1 unspecified atom stereocenters. The molecular formula is C11H24N2O. The Kier molecular flexibility index (Phi) is 6.54. The molecule has 0 spiro atoms. The minimum atomic E-state index is -0.0289. The Balaban J connectivity index is 4.26. The van der Waals surface area contributed by atoms with E-state index in [1.54, 1.807) is 0 Å². The molecule has 0 heterocycles. The maximum atomic E-state index is 5.88. The predicted octanol–water partition coefficient (Wildman–Crippen LogP) is 2.06. The Labute approximate surface area is 87.7 Å². The van der Waals surface area contributed by atoms with Crippen LogP contribution < -0.4 is 5.73 Å². The summed E-state index contributed by atoms with van der Waals surface area (Å²) in [7, 11) is 0. The lowest BCUT2D eigenvalue weighted by Gasteiger charge is -2.20. The van der Waals surface area contributed by atoms with Crippen molar-refractivity contribution < 1.29 is 4.74 Å². The number of aliphatic imine (C=N–C) groups is 1. The second-order valence-electron chi connectivity index (χ2n) is 4.28. The standard InChI is InChI=1S/C11H24N2O/c1-6-14-10(9(4)5)11(12)13-7-8(2)3/h8-10H,6-7H2,1-5H3,(H2,12,13). The van der Waals surface area contributed by atoms with Gasteiger partial charge in [-0.15, -0.1) is 0 Å². The third kappa shape index (κ3) is 5.22. The van der Waals surface area contributed by atoms with Crippen LogP contribution in [0.1, 0.15) is 34.6 Å². The lowest BCUT2D eigenvalue weighted by atomic mass is 10.1. The van der Waals surface area contributed by atoms with Gasteiger partial charge in [0.15, 0.2) is 0 Å². The fourth-order valence-electron chi connectivity index (χ4n) is 1.18. The summed E-state index contributed by atoms with van der Waals surface area (Å²) in [4.78, 5) is 4.33. The van der Waals surface area contributed by atoms with E-state index in [0.29, 0.717) is 24.3 Å². The number of hydrogen-bond donors (Lipinski definition) is 1. The molecule has 84 valence electrons. The van der Waals surface area contributed by atoms with Gasteiger partial charge in [-0.25, -0.2) is 0 Å². The lowest BCUT2D eigenvalue weighted by molar-refractivity contribution is 0.0772. The second kappa shape index (κ2) is 6.82. The van der Waals surface area contributed by atoms with Crippen molar-refractivity contribution in [3.63, 3.8) is 0 Å². The Morgan fingerprint density at radius 2 is 1.86 bits per heavy atom. The van der Waals surface area contributed by atoms with Crippen molar-refractivity contribution in [3.05, 3.63) is 0 Å². The summed E-state index contributed by atoms with van der Waals surface area (Å²) in [6.45, 7) is 11.9. The zero-order chi connectivity index (χ0) is 11.1. The van der Waals surface area contributed by atoms with Gasteiger partial charge in [-0.2, -0.15) is 0 Å². The molecule has 0 aromatic rings. The maximum absolute atomic E-state index is 5.88. The first-order valence-electron chi connectivity index (χ1n) is 5.40. The van der Waals surface area contributed by atoms with Gasteiger partial charge in [0.05, 0.1) is 0 Å². The number of rotatable bonds is 6. The first-order valence-corrected chi connectivity index (χ1v) is 5.40. The first kappa shape index (κ1) is 13.4. The molecule has 0 amide bonds. The number of nitrogens with two attached hydrogens (primary N) is 1. The highest BCUT2D eigenvalue weighted by Gasteiger charge is 2.17. The van der Waals surface area contributed by atoms with E-state index in [2.05, 4.69) is 32.7 Å². The van der Waals surface area contributed by atoms with Crippen LogP contribution in [0.4, 0.5) is 0 Å². The molecule has 0 rings (SSSR count). The normalized spacial score (nSPS) is 15.2. The van der Waals surface area contributed by atoms with E-state index in [0.717, 1.165) is 6.54 Å². The van der Waals surface area contributed by atoms with E-state index in [1.807, 2.05) is 6.92 Å². The van der Waals surface area contributed by atoms with Crippen molar-refractivity contribution in [1.82, 2.24) is 0 Å². The van der Waals surface area contributed by atoms with Gasteiger partial charge in [-0.3, -0.25) is 4.99 Å². The van der Waals surface area contributed by atoms with Gasteiger partial charge in [-0.05, 0) is 18.8 Å². The van der Waals surface area contributed by atoms with Crippen molar-refractivity contribution >= 4 is 5.84 Å². The van der Waals surface area contributed by atoms with Crippen LogP contribution in [-0.4, -0.2) is 25.1 Å². The van der Waals surface area contributed by atoms with Crippen LogP contribution in [-0.2, 0) is 4.74 Å². The van der Waals surface area contributed by atoms with Gasteiger partial charge < -0.3 is 10.5 Å². The van der Waals surface area contributed by atoms with Crippen LogP contribution in [0.25, 0.3) is 0 Å². The highest BCUT2D eigenvalue weighted by atomic mass is 16.5. The molecule has 0 aromatic heterocycles. The molecule has 0 saturated heterocycles. The van der Waals surface area contributed by atoms with Crippen molar-refractivity contribution in [3.8, 4) is 0 Å². The highest BCUT2D eigenvalue weighted by molar-refractivity contribution is 5.85. The van der Waals surface area contributed by atoms with E-state index >= 15 is 0 Å². The Morgan fingerprint density at radius 3 is 2.21 bits per heavy atom. The zero-order valence-electron chi connectivity index (χ0n) is 10.1. The number of hydrogen-bond acceptors (Lipinski definition) is 2. The molecule has 2 N–H and O–H groups in total. The quantitative estimate of drug-likeness (QED) is 0.527. The molecule has 0 aromatic carbocycles. The van der Waals surface area contributed by atoms with E-state index in [1.165, 1.54) is 0 Å². The highest BCUT2D eigenvalue weighted by Crippen LogP contribution is 2.07. The summed E-state index contributed by atoms with van der Waals surface area (Å²) in [6.07, 6.45) is -0.0289. The third-order valence-electron chi connectivity index (χ3n) is 1.88. The van der Waals surface area contributed by atoms with Crippen molar-refractivity contribution in [1.29, 1.82) is 0 Å². The summed E-state index contributed by atoms with van der Waals surface area (Å²) >= 11 is 0. The molecule has 14 heavy (non-hydrogen) atoms. The van der Waals surface area contributed by atoms with E-state index in [4.69, 9.17) is 10.5 Å². The van der Waals surface area contributed by atoms with Crippen molar-refractivity contribution in [2.75, 3.05) is 13.2 Å². The van der Waals surface area contributed by atoms with Gasteiger partial charge in [-0.1, -0.05) is 27.7 Å². The van der Waals surface area contributed by atoms with Gasteiger partial charge in [0.2, 0.25) is 0 Å². The molecule has 0 aliphatic heterocycles. The molecule has 0 aliphatic rings. The Hall–Kier alpha value is -0.570. The number of nitrogens with zero attached hydrogens (tertiary/aromatic N) is 1. The largest absolute Gasteiger partial charge is 0.385 e. The first-order chi connectivity index (χ1) is 6.49. The predicted molar refractivity (Wildman–Crippen MR) is 61.6 cm³/mol. The summed E-state index contributed by atoms with van der Waals surface area (Å²) in [5.74, 6) is 1.56. The smallest absolute Gasteiger partial charge is 0.123 e. The van der Waals surface area contributed by atoms with Crippen LogP contribution in [0, 0.1) is 11.8 Å². The van der Waals surface area contributed by atoms with Crippen LogP contribution in [0.3, 0.4) is 0 Å². The monoisotopic (exact) mass is 200 g/mol. The van der Waals surface area contributed by atoms with Crippen LogP contribution >= 0.6 is 0 Å². The summed E-state index contributed by atoms with van der Waals surface area (Å²) < 4.78 is 5.54. The van der Waals surface area contributed by atoms with Crippen LogP contribution in [0.5, 0.6) is 0 Å². The topological polar surface area (TPSA) is 47.6 Å². The van der Waals surface area contributed by atoms with Crippen LogP contribution in [0.15, 0.2) is 4.99 Å². The second-order valence-corrected chi connectivity index (χ2v) is 4.28. The minimum Gasteiger partial charge on any atom is -0.385 e. The summed E-state index contributed by atoms with van der Waals surface area (Å²) in [5.41, 5.74) is 5.88. The van der Waals surface area contributed by atoms with E-state index < -0.39 is 0 Å². The summed E-state index contributed by atoms with van der Waals surface area (Å²) in [6, 6.07) is 0. The molecule has 3 heteroatoms. The minimum absolute atomic E-state index is 0.0289. The molecular weight excluding hydrogens is 176 g/mol. The van der Waals surface area contributed by atoms with Crippen molar-refractivity contribution in [2.24, 2.45) is 22.6 Å². The average Bonchev–Trinajstić information content (AvgIpc) is 2.09. The Morgan fingerprint density at radius 1 is 1.29 bits per heavy atom.